The van der Waals surface area contributed by atoms with Crippen molar-refractivity contribution >= 4 is 0 Å². The van der Waals surface area contributed by atoms with Crippen molar-refractivity contribution in [3.8, 4) is 11.5 Å². The molecule has 0 bridgehead atoms. The Bertz CT molecular complexity index is 618. The Morgan fingerprint density at radius 3 is 2.83 bits per heavy atom. The zero-order valence-electron chi connectivity index (χ0n) is 14.4. The van der Waals surface area contributed by atoms with E-state index in [-0.39, 0.29) is 29.0 Å². The number of benzene rings is 1. The highest BCUT2D eigenvalue weighted by atomic mass is 19.1. The molecule has 0 aromatic heterocycles. The van der Waals surface area contributed by atoms with Crippen molar-refractivity contribution < 1.29 is 14.2 Å². The van der Waals surface area contributed by atoms with E-state index in [1.54, 1.807) is 6.08 Å². The number of unbranched alkanes of at least 4 members (excludes halogenated alkanes) is 2. The fraction of sp³-hybridized carbons (Fsp3) is 0.600. The number of fused-ring (bicyclic) bond motifs is 3. The van der Waals surface area contributed by atoms with E-state index in [1.165, 1.54) is 12.8 Å². The Balaban J connectivity index is 1.96. The van der Waals surface area contributed by atoms with Crippen molar-refractivity contribution in [2.45, 2.75) is 70.8 Å². The van der Waals surface area contributed by atoms with Crippen LogP contribution in [0.2, 0.25) is 0 Å². The Morgan fingerprint density at radius 2 is 2.09 bits per heavy atom. The van der Waals surface area contributed by atoms with Gasteiger partial charge in [-0.15, -0.1) is 0 Å². The first-order chi connectivity index (χ1) is 10.9. The number of aryl methyl sites for hydroxylation is 1. The van der Waals surface area contributed by atoms with Crippen LogP contribution in [0.3, 0.4) is 0 Å². The molecular formula is C20H27FO2. The second-order valence-electron chi connectivity index (χ2n) is 7.49. The van der Waals surface area contributed by atoms with Gasteiger partial charge in [-0.3, -0.25) is 0 Å². The molecule has 1 aliphatic carbocycles. The molecule has 0 unspecified atom stereocenters. The van der Waals surface area contributed by atoms with Crippen LogP contribution in [0, 0.1) is 5.92 Å². The minimum atomic E-state index is -0.344. The van der Waals surface area contributed by atoms with Gasteiger partial charge >= 0.3 is 0 Å². The summed E-state index contributed by atoms with van der Waals surface area (Å²) in [4.78, 5) is 0. The van der Waals surface area contributed by atoms with E-state index >= 15 is 0 Å². The van der Waals surface area contributed by atoms with Crippen molar-refractivity contribution in [3.05, 3.63) is 35.2 Å². The van der Waals surface area contributed by atoms with E-state index in [1.807, 2.05) is 6.07 Å². The van der Waals surface area contributed by atoms with Crippen LogP contribution in [0.1, 0.15) is 69.9 Å². The van der Waals surface area contributed by atoms with Crippen LogP contribution in [0.15, 0.2) is 24.0 Å². The van der Waals surface area contributed by atoms with Crippen molar-refractivity contribution in [3.63, 3.8) is 0 Å². The first-order valence-electron chi connectivity index (χ1n) is 8.81. The molecule has 23 heavy (non-hydrogen) atoms. The number of allylic oxidation sites excluding steroid dienone is 2. The molecule has 1 N–H and O–H groups in total. The molecule has 3 heteroatoms. The van der Waals surface area contributed by atoms with Gasteiger partial charge in [0.05, 0.1) is 5.83 Å². The van der Waals surface area contributed by atoms with Crippen LogP contribution >= 0.6 is 0 Å². The fourth-order valence-corrected chi connectivity index (χ4v) is 4.13. The van der Waals surface area contributed by atoms with Crippen molar-refractivity contribution in [2.75, 3.05) is 0 Å². The molecule has 2 atom stereocenters. The predicted molar refractivity (Wildman–Crippen MR) is 90.7 cm³/mol. The van der Waals surface area contributed by atoms with Crippen LogP contribution in [0.25, 0.3) is 0 Å². The molecule has 0 saturated carbocycles. The Hall–Kier alpha value is -1.51. The van der Waals surface area contributed by atoms with Crippen LogP contribution in [-0.2, 0) is 6.42 Å². The van der Waals surface area contributed by atoms with Gasteiger partial charge in [0.25, 0.3) is 0 Å². The molecule has 0 radical (unpaired) electrons. The predicted octanol–water partition coefficient (Wildman–Crippen LogP) is 5.64. The van der Waals surface area contributed by atoms with E-state index in [0.717, 1.165) is 29.7 Å². The van der Waals surface area contributed by atoms with E-state index in [2.05, 4.69) is 26.8 Å². The maximum Gasteiger partial charge on any atom is 0.127 e. The van der Waals surface area contributed by atoms with Gasteiger partial charge < -0.3 is 9.84 Å². The molecule has 1 aromatic rings. The van der Waals surface area contributed by atoms with E-state index in [9.17, 15) is 9.50 Å². The lowest BCUT2D eigenvalue weighted by atomic mass is 9.68. The van der Waals surface area contributed by atoms with E-state index in [4.69, 9.17) is 4.74 Å². The molecule has 126 valence electrons. The SMILES string of the molecule is CCCCCc1cc(O)c2c(c1)OC(C)(C)[C@@H]1CC=C(F)C[C@@H]21. The Labute approximate surface area is 138 Å². The normalized spacial score (nSPS) is 25.1. The molecule has 1 heterocycles. The third-order valence-corrected chi connectivity index (χ3v) is 5.38. The number of aromatic hydroxyl groups is 1. The summed E-state index contributed by atoms with van der Waals surface area (Å²) in [6, 6.07) is 3.91. The highest BCUT2D eigenvalue weighted by Crippen LogP contribution is 2.54. The zero-order valence-corrected chi connectivity index (χ0v) is 14.4. The van der Waals surface area contributed by atoms with Crippen LogP contribution in [0.5, 0.6) is 11.5 Å². The summed E-state index contributed by atoms with van der Waals surface area (Å²) in [6.45, 7) is 6.33. The number of phenols is 1. The standard InChI is InChI=1S/C20H27FO2/c1-4-5-6-7-13-10-17(22)19-15-12-14(21)8-9-16(15)20(2,3)23-18(19)11-13/h8,10-11,15-16,22H,4-7,9,12H2,1-3H3/t15-,16-/m1/s1. The second kappa shape index (κ2) is 6.18. The topological polar surface area (TPSA) is 29.5 Å². The maximum absolute atomic E-state index is 13.9. The first kappa shape index (κ1) is 16.4. The van der Waals surface area contributed by atoms with E-state index < -0.39 is 0 Å². The lowest BCUT2D eigenvalue weighted by Gasteiger charge is -2.46. The van der Waals surface area contributed by atoms with Gasteiger partial charge in [-0.25, -0.2) is 4.39 Å². The van der Waals surface area contributed by atoms with Crippen molar-refractivity contribution in [2.24, 2.45) is 5.92 Å². The Kier molecular flexibility index (Phi) is 4.39. The Morgan fingerprint density at radius 1 is 1.30 bits per heavy atom. The molecule has 0 saturated heterocycles. The summed E-state index contributed by atoms with van der Waals surface area (Å²) >= 11 is 0. The monoisotopic (exact) mass is 318 g/mol. The van der Waals surface area contributed by atoms with Gasteiger partial charge in [0, 0.05) is 23.8 Å². The number of ether oxygens (including phenoxy) is 1. The molecule has 3 rings (SSSR count). The van der Waals surface area contributed by atoms with Gasteiger partial charge in [0.15, 0.2) is 0 Å². The summed E-state index contributed by atoms with van der Waals surface area (Å²) in [7, 11) is 0. The maximum atomic E-state index is 13.9. The highest BCUT2D eigenvalue weighted by molar-refractivity contribution is 5.52. The van der Waals surface area contributed by atoms with Gasteiger partial charge in [-0.2, -0.15) is 0 Å². The molecule has 2 aliphatic rings. The number of hydrogen-bond acceptors (Lipinski definition) is 2. The number of halogens is 1. The molecule has 1 aliphatic heterocycles. The van der Waals surface area contributed by atoms with Gasteiger partial charge in [-0.1, -0.05) is 25.8 Å². The van der Waals surface area contributed by atoms with Gasteiger partial charge in [-0.05, 0) is 50.8 Å². The van der Waals surface area contributed by atoms with Crippen LogP contribution in [0.4, 0.5) is 4.39 Å². The zero-order chi connectivity index (χ0) is 16.6. The molecule has 0 amide bonds. The highest BCUT2D eigenvalue weighted by Gasteiger charge is 2.46. The number of hydrogen-bond donors (Lipinski definition) is 1. The lowest BCUT2D eigenvalue weighted by molar-refractivity contribution is 0.00588. The average molecular weight is 318 g/mol. The van der Waals surface area contributed by atoms with Crippen molar-refractivity contribution in [1.82, 2.24) is 0 Å². The third-order valence-electron chi connectivity index (χ3n) is 5.38. The minimum absolute atomic E-state index is 0.00319. The molecule has 0 fully saturated rings. The summed E-state index contributed by atoms with van der Waals surface area (Å²) in [5.41, 5.74) is 1.57. The summed E-state index contributed by atoms with van der Waals surface area (Å²) in [6.07, 6.45) is 7.13. The second-order valence-corrected chi connectivity index (χ2v) is 7.49. The summed E-state index contributed by atoms with van der Waals surface area (Å²) in [5.74, 6) is 1.16. The summed E-state index contributed by atoms with van der Waals surface area (Å²) in [5, 5.41) is 10.6. The fourth-order valence-electron chi connectivity index (χ4n) is 4.13. The minimum Gasteiger partial charge on any atom is -0.508 e. The quantitative estimate of drug-likeness (QED) is 0.728. The molecular weight excluding hydrogens is 291 g/mol. The summed E-state index contributed by atoms with van der Waals surface area (Å²) < 4.78 is 20.1. The molecule has 1 aromatic carbocycles. The van der Waals surface area contributed by atoms with E-state index in [0.29, 0.717) is 12.8 Å². The molecule has 2 nitrogen and oxygen atoms in total. The molecule has 0 spiro atoms. The lowest BCUT2D eigenvalue weighted by Crippen LogP contribution is -2.45. The third kappa shape index (κ3) is 3.11. The smallest absolute Gasteiger partial charge is 0.127 e. The van der Waals surface area contributed by atoms with Crippen LogP contribution in [-0.4, -0.2) is 10.7 Å². The largest absolute Gasteiger partial charge is 0.508 e. The average Bonchev–Trinajstić information content (AvgIpc) is 2.46. The number of phenolic OH excluding ortho intramolecular Hbond substituents is 1. The number of rotatable bonds is 4. The van der Waals surface area contributed by atoms with Gasteiger partial charge in [0.2, 0.25) is 0 Å². The van der Waals surface area contributed by atoms with Gasteiger partial charge in [0.1, 0.15) is 17.1 Å². The van der Waals surface area contributed by atoms with Crippen LogP contribution < -0.4 is 4.74 Å². The van der Waals surface area contributed by atoms with Crippen molar-refractivity contribution in [1.29, 1.82) is 0 Å². The first-order valence-corrected chi connectivity index (χ1v) is 8.81.